The van der Waals surface area contributed by atoms with Crippen LogP contribution in [0.5, 0.6) is 0 Å². The quantitative estimate of drug-likeness (QED) is 0.843. The molecule has 0 spiro atoms. The molecule has 2 rings (SSSR count). The van der Waals surface area contributed by atoms with Gasteiger partial charge in [-0.2, -0.15) is 0 Å². The molecule has 0 aliphatic heterocycles. The molecule has 1 heterocycles. The van der Waals surface area contributed by atoms with Crippen LogP contribution < -0.4 is 11.1 Å². The van der Waals surface area contributed by atoms with Gasteiger partial charge in [-0.1, -0.05) is 17.9 Å². The van der Waals surface area contributed by atoms with Gasteiger partial charge in [0, 0.05) is 23.5 Å². The Kier molecular flexibility index (Phi) is 5.08. The van der Waals surface area contributed by atoms with Gasteiger partial charge in [0.1, 0.15) is 0 Å². The van der Waals surface area contributed by atoms with E-state index in [-0.39, 0.29) is 11.9 Å². The molecule has 0 radical (unpaired) electrons. The van der Waals surface area contributed by atoms with Crippen LogP contribution in [0.4, 0.5) is 0 Å². The van der Waals surface area contributed by atoms with Gasteiger partial charge < -0.3 is 11.1 Å². The average Bonchev–Trinajstić information content (AvgIpc) is 2.54. The summed E-state index contributed by atoms with van der Waals surface area (Å²) in [4.78, 5) is 16.2. The van der Waals surface area contributed by atoms with Crippen molar-refractivity contribution < 1.29 is 4.79 Å². The zero-order valence-corrected chi connectivity index (χ0v) is 11.8. The molecule has 0 aliphatic rings. The van der Waals surface area contributed by atoms with E-state index in [4.69, 9.17) is 5.73 Å². The molecule has 21 heavy (non-hydrogen) atoms. The summed E-state index contributed by atoms with van der Waals surface area (Å²) in [7, 11) is 0. The minimum absolute atomic E-state index is 0.0945. The first-order valence-corrected chi connectivity index (χ1v) is 6.70. The largest absolute Gasteiger partial charge is 0.345 e. The van der Waals surface area contributed by atoms with Crippen LogP contribution in [-0.4, -0.2) is 17.4 Å². The van der Waals surface area contributed by atoms with E-state index >= 15 is 0 Å². The van der Waals surface area contributed by atoms with Gasteiger partial charge in [-0.25, -0.2) is 0 Å². The van der Waals surface area contributed by atoms with Crippen molar-refractivity contribution in [1.82, 2.24) is 10.3 Å². The zero-order chi connectivity index (χ0) is 15.1. The smallest absolute Gasteiger partial charge is 0.251 e. The van der Waals surface area contributed by atoms with Gasteiger partial charge in [-0.15, -0.1) is 0 Å². The maximum Gasteiger partial charge on any atom is 0.251 e. The van der Waals surface area contributed by atoms with E-state index in [1.807, 2.05) is 31.2 Å². The molecule has 0 fully saturated rings. The van der Waals surface area contributed by atoms with Crippen LogP contribution in [0.2, 0.25) is 0 Å². The molecule has 0 saturated heterocycles. The number of rotatable bonds is 3. The van der Waals surface area contributed by atoms with Gasteiger partial charge in [0.25, 0.3) is 5.91 Å². The Labute approximate surface area is 124 Å². The van der Waals surface area contributed by atoms with Crippen LogP contribution in [-0.2, 0) is 0 Å². The predicted octanol–water partition coefficient (Wildman–Crippen LogP) is 1.88. The van der Waals surface area contributed by atoms with Gasteiger partial charge in [0.05, 0.1) is 12.6 Å². The molecule has 2 aromatic rings. The molecule has 1 aromatic carbocycles. The summed E-state index contributed by atoms with van der Waals surface area (Å²) in [6, 6.07) is 10.8. The molecule has 1 unspecified atom stereocenters. The molecular weight excluding hydrogens is 262 g/mol. The fourth-order valence-electron chi connectivity index (χ4n) is 1.85. The molecule has 1 amide bonds. The number of hydrogen-bond acceptors (Lipinski definition) is 3. The Morgan fingerprint density at radius 2 is 2.10 bits per heavy atom. The van der Waals surface area contributed by atoms with Gasteiger partial charge in [-0.3, -0.25) is 9.78 Å². The van der Waals surface area contributed by atoms with E-state index in [9.17, 15) is 4.79 Å². The molecule has 1 atom stereocenters. The number of benzene rings is 1. The lowest BCUT2D eigenvalue weighted by atomic mass is 10.1. The number of nitrogens with zero attached hydrogens (tertiary/aromatic N) is 1. The predicted molar refractivity (Wildman–Crippen MR) is 82.5 cm³/mol. The molecular formula is C17H17N3O. The average molecular weight is 279 g/mol. The van der Waals surface area contributed by atoms with Crippen molar-refractivity contribution in [2.24, 2.45) is 5.73 Å². The molecule has 1 aromatic heterocycles. The Morgan fingerprint density at radius 3 is 2.71 bits per heavy atom. The monoisotopic (exact) mass is 279 g/mol. The lowest BCUT2D eigenvalue weighted by Crippen LogP contribution is -2.26. The van der Waals surface area contributed by atoms with Crippen molar-refractivity contribution in [2.75, 3.05) is 6.54 Å². The number of hydrogen-bond donors (Lipinski definition) is 2. The fourth-order valence-corrected chi connectivity index (χ4v) is 1.85. The normalized spacial score (nSPS) is 11.1. The highest BCUT2D eigenvalue weighted by molar-refractivity contribution is 5.94. The molecule has 106 valence electrons. The summed E-state index contributed by atoms with van der Waals surface area (Å²) in [6.45, 7) is 2.25. The van der Waals surface area contributed by atoms with Gasteiger partial charge in [0.2, 0.25) is 0 Å². The number of amides is 1. The van der Waals surface area contributed by atoms with E-state index in [2.05, 4.69) is 22.1 Å². The van der Waals surface area contributed by atoms with E-state index < -0.39 is 0 Å². The molecule has 0 aliphatic carbocycles. The summed E-state index contributed by atoms with van der Waals surface area (Å²) in [6.07, 6.45) is 3.45. The SMILES string of the molecule is CC(NC(=O)c1ccc(C#CCN)cc1)c1cccnc1. The number of nitrogens with two attached hydrogens (primary N) is 1. The van der Waals surface area contributed by atoms with Gasteiger partial charge in [0.15, 0.2) is 0 Å². The summed E-state index contributed by atoms with van der Waals surface area (Å²) >= 11 is 0. The minimum atomic E-state index is -0.121. The highest BCUT2D eigenvalue weighted by Gasteiger charge is 2.11. The number of carbonyl (C=O) groups excluding carboxylic acids is 1. The topological polar surface area (TPSA) is 68.0 Å². The highest BCUT2D eigenvalue weighted by Crippen LogP contribution is 2.11. The second-order valence-electron chi connectivity index (χ2n) is 4.56. The second kappa shape index (κ2) is 7.22. The third kappa shape index (κ3) is 4.16. The molecule has 4 nitrogen and oxygen atoms in total. The standard InChI is InChI=1S/C17H17N3O/c1-13(16-5-3-11-19-12-16)20-17(21)15-8-6-14(7-9-15)4-2-10-18/h3,5-9,11-13H,10,18H2,1H3,(H,20,21). The summed E-state index contributed by atoms with van der Waals surface area (Å²) in [5.74, 6) is 5.58. The molecule has 4 heteroatoms. The second-order valence-corrected chi connectivity index (χ2v) is 4.56. The van der Waals surface area contributed by atoms with Crippen molar-refractivity contribution in [3.63, 3.8) is 0 Å². The number of carbonyl (C=O) groups is 1. The number of nitrogens with one attached hydrogen (secondary N) is 1. The maximum atomic E-state index is 12.2. The summed E-state index contributed by atoms with van der Waals surface area (Å²) in [5, 5.41) is 2.94. The molecule has 3 N–H and O–H groups in total. The van der Waals surface area contributed by atoms with Crippen LogP contribution in [0.25, 0.3) is 0 Å². The van der Waals surface area contributed by atoms with Crippen LogP contribution in [0.3, 0.4) is 0 Å². The van der Waals surface area contributed by atoms with E-state index in [0.717, 1.165) is 11.1 Å². The Hall–Kier alpha value is -2.64. The van der Waals surface area contributed by atoms with E-state index in [0.29, 0.717) is 12.1 Å². The molecule has 0 bridgehead atoms. The lowest BCUT2D eigenvalue weighted by Gasteiger charge is -2.13. The van der Waals surface area contributed by atoms with Crippen LogP contribution >= 0.6 is 0 Å². The number of pyridine rings is 1. The van der Waals surface area contributed by atoms with E-state index in [1.165, 1.54) is 0 Å². The first-order chi connectivity index (χ1) is 10.2. The fraction of sp³-hybridized carbons (Fsp3) is 0.176. The minimum Gasteiger partial charge on any atom is -0.345 e. The number of aromatic nitrogens is 1. The maximum absolute atomic E-state index is 12.2. The van der Waals surface area contributed by atoms with Crippen LogP contribution in [0.1, 0.15) is 34.5 Å². The summed E-state index contributed by atoms with van der Waals surface area (Å²) < 4.78 is 0. The Balaban J connectivity index is 2.03. The molecule has 0 saturated carbocycles. The Bertz CT molecular complexity index is 654. The van der Waals surface area contributed by atoms with E-state index in [1.54, 1.807) is 24.5 Å². The van der Waals surface area contributed by atoms with Gasteiger partial charge >= 0.3 is 0 Å². The summed E-state index contributed by atoms with van der Waals surface area (Å²) in [5.41, 5.74) is 7.74. The zero-order valence-electron chi connectivity index (χ0n) is 11.8. The van der Waals surface area contributed by atoms with Crippen molar-refractivity contribution in [3.05, 3.63) is 65.5 Å². The van der Waals surface area contributed by atoms with Crippen molar-refractivity contribution in [1.29, 1.82) is 0 Å². The van der Waals surface area contributed by atoms with Crippen molar-refractivity contribution in [3.8, 4) is 11.8 Å². The van der Waals surface area contributed by atoms with Crippen LogP contribution in [0, 0.1) is 11.8 Å². The highest BCUT2D eigenvalue weighted by atomic mass is 16.1. The third-order valence-electron chi connectivity index (χ3n) is 3.01. The Morgan fingerprint density at radius 1 is 1.33 bits per heavy atom. The lowest BCUT2D eigenvalue weighted by molar-refractivity contribution is 0.0940. The van der Waals surface area contributed by atoms with Crippen molar-refractivity contribution in [2.45, 2.75) is 13.0 Å². The first-order valence-electron chi connectivity index (χ1n) is 6.70. The van der Waals surface area contributed by atoms with Crippen LogP contribution in [0.15, 0.2) is 48.8 Å². The van der Waals surface area contributed by atoms with Crippen molar-refractivity contribution >= 4 is 5.91 Å². The first kappa shape index (κ1) is 14.8. The third-order valence-corrected chi connectivity index (χ3v) is 3.01. The van der Waals surface area contributed by atoms with Gasteiger partial charge in [-0.05, 0) is 42.8 Å².